The van der Waals surface area contributed by atoms with E-state index in [1.54, 1.807) is 62.4 Å². The molecular formula is C27H21Cl2N5O5. The molecule has 2 unspecified atom stereocenters. The van der Waals surface area contributed by atoms with Crippen molar-refractivity contribution in [2.45, 2.75) is 19.8 Å². The minimum absolute atomic E-state index is 0.0533. The highest BCUT2D eigenvalue weighted by Crippen LogP contribution is 2.42. The highest BCUT2D eigenvalue weighted by Gasteiger charge is 2.45. The zero-order chi connectivity index (χ0) is 28.0. The largest absolute Gasteiger partial charge is 0.508 e. The number of anilines is 1. The lowest BCUT2D eigenvalue weighted by molar-refractivity contribution is -0.385. The number of phenols is 1. The highest BCUT2D eigenvalue weighted by atomic mass is 35.5. The van der Waals surface area contributed by atoms with Gasteiger partial charge in [-0.15, -0.1) is 0 Å². The Labute approximate surface area is 231 Å². The van der Waals surface area contributed by atoms with Gasteiger partial charge in [0, 0.05) is 50.6 Å². The number of halogens is 2. The van der Waals surface area contributed by atoms with Crippen molar-refractivity contribution in [2.75, 3.05) is 5.01 Å². The zero-order valence-corrected chi connectivity index (χ0v) is 22.1. The second-order valence-corrected chi connectivity index (χ2v) is 9.96. The van der Waals surface area contributed by atoms with Crippen LogP contribution in [0.4, 0.5) is 11.4 Å². The van der Waals surface area contributed by atoms with E-state index < -0.39 is 28.2 Å². The summed E-state index contributed by atoms with van der Waals surface area (Å²) in [7, 11) is 0. The van der Waals surface area contributed by atoms with Crippen LogP contribution in [0.2, 0.25) is 10.0 Å². The van der Waals surface area contributed by atoms with Crippen molar-refractivity contribution in [1.82, 2.24) is 9.78 Å². The molecule has 0 aliphatic carbocycles. The Morgan fingerprint density at radius 2 is 1.56 bits per heavy atom. The fraction of sp³-hybridized carbons (Fsp3) is 0.148. The molecule has 5 rings (SSSR count). The van der Waals surface area contributed by atoms with Crippen molar-refractivity contribution in [3.63, 3.8) is 0 Å². The van der Waals surface area contributed by atoms with Gasteiger partial charge in [0.05, 0.1) is 22.2 Å². The second kappa shape index (κ2) is 10.0. The van der Waals surface area contributed by atoms with Gasteiger partial charge in [0.15, 0.2) is 0 Å². The first-order valence-electron chi connectivity index (χ1n) is 11.8. The third-order valence-corrected chi connectivity index (χ3v) is 7.16. The lowest BCUT2D eigenvalue weighted by atomic mass is 9.78. The number of nitro benzene ring substituents is 1. The summed E-state index contributed by atoms with van der Waals surface area (Å²) in [5.41, 5.74) is 1.15. The van der Waals surface area contributed by atoms with Crippen LogP contribution in [0.15, 0.2) is 76.6 Å². The van der Waals surface area contributed by atoms with Gasteiger partial charge in [-0.3, -0.25) is 24.8 Å². The molecule has 0 saturated carbocycles. The summed E-state index contributed by atoms with van der Waals surface area (Å²) < 4.78 is 1.30. The van der Waals surface area contributed by atoms with Crippen LogP contribution >= 0.6 is 23.2 Å². The van der Waals surface area contributed by atoms with Gasteiger partial charge in [-0.1, -0.05) is 23.2 Å². The molecule has 1 aliphatic heterocycles. The van der Waals surface area contributed by atoms with Gasteiger partial charge in [0.25, 0.3) is 17.2 Å². The second-order valence-electron chi connectivity index (χ2n) is 9.09. The van der Waals surface area contributed by atoms with Crippen molar-refractivity contribution in [3.05, 3.63) is 114 Å². The fourth-order valence-electron chi connectivity index (χ4n) is 4.83. The first kappa shape index (κ1) is 26.2. The number of aromatic hydroxyl groups is 1. The third kappa shape index (κ3) is 4.68. The average molecular weight is 566 g/mol. The Bertz CT molecular complexity index is 1690. The molecule has 39 heavy (non-hydrogen) atoms. The number of nitrogens with zero attached hydrogens (tertiary/aromatic N) is 4. The summed E-state index contributed by atoms with van der Waals surface area (Å²) in [4.78, 5) is 38.8. The number of phenolic OH excluding ortho intramolecular Hbond substituents is 1. The number of aryl methyl sites for hydroxylation is 1. The minimum Gasteiger partial charge on any atom is -0.508 e. The van der Waals surface area contributed by atoms with Gasteiger partial charge in [0.2, 0.25) is 0 Å². The normalized spacial score (nSPS) is 15.9. The number of hydrazone groups is 1. The lowest BCUT2D eigenvalue weighted by Crippen LogP contribution is -2.34. The lowest BCUT2D eigenvalue weighted by Gasteiger charge is -2.24. The molecule has 1 amide bonds. The maximum atomic E-state index is 13.9. The van der Waals surface area contributed by atoms with Gasteiger partial charge < -0.3 is 5.11 Å². The van der Waals surface area contributed by atoms with E-state index in [2.05, 4.69) is 10.2 Å². The molecule has 12 heteroatoms. The maximum absolute atomic E-state index is 13.9. The number of carbonyl (C=O) groups excluding carboxylic acids is 1. The first-order chi connectivity index (χ1) is 18.6. The zero-order valence-electron chi connectivity index (χ0n) is 20.6. The van der Waals surface area contributed by atoms with Crippen LogP contribution < -0.4 is 10.6 Å². The van der Waals surface area contributed by atoms with Crippen molar-refractivity contribution < 1.29 is 14.8 Å². The third-order valence-electron chi connectivity index (χ3n) is 6.66. The number of aromatic amines is 1. The fourth-order valence-corrected chi connectivity index (χ4v) is 5.09. The highest BCUT2D eigenvalue weighted by molar-refractivity contribution is 6.31. The number of nitrogens with one attached hydrogen (secondary N) is 1. The molecular weight excluding hydrogens is 545 g/mol. The minimum atomic E-state index is -1.10. The number of nitro groups is 1. The first-order valence-corrected chi connectivity index (χ1v) is 12.5. The van der Waals surface area contributed by atoms with Crippen LogP contribution in [0.1, 0.15) is 29.7 Å². The van der Waals surface area contributed by atoms with Crippen LogP contribution in [-0.4, -0.2) is 31.4 Å². The Morgan fingerprint density at radius 3 is 2.15 bits per heavy atom. The van der Waals surface area contributed by atoms with E-state index in [1.807, 2.05) is 0 Å². The maximum Gasteiger partial charge on any atom is 0.275 e. The predicted molar refractivity (Wildman–Crippen MR) is 148 cm³/mol. The Kier molecular flexibility index (Phi) is 6.75. The smallest absolute Gasteiger partial charge is 0.275 e. The molecule has 2 atom stereocenters. The molecule has 0 radical (unpaired) electrons. The van der Waals surface area contributed by atoms with Crippen molar-refractivity contribution in [3.8, 4) is 11.4 Å². The van der Waals surface area contributed by atoms with Gasteiger partial charge in [-0.25, -0.2) is 9.69 Å². The average Bonchev–Trinajstić information content (AvgIpc) is 3.36. The Morgan fingerprint density at radius 1 is 0.974 bits per heavy atom. The standard InChI is InChI=1S/C27H21Cl2N5O5/c1-14-23(26(36)32(30-14)18-7-3-16(28)4-8-18)25(21-13-20(34(38)39)11-12-22(21)35)24-15(2)31-33(27(24)37)19-9-5-17(29)6-10-19/h3-13,23,25,31,35H,1-2H3. The van der Waals surface area contributed by atoms with Crippen molar-refractivity contribution in [2.24, 2.45) is 11.0 Å². The van der Waals surface area contributed by atoms with Crippen LogP contribution in [0, 0.1) is 23.0 Å². The summed E-state index contributed by atoms with van der Waals surface area (Å²) >= 11 is 12.0. The van der Waals surface area contributed by atoms with Gasteiger partial charge >= 0.3 is 0 Å². The van der Waals surface area contributed by atoms with Crippen LogP contribution in [-0.2, 0) is 4.79 Å². The van der Waals surface area contributed by atoms with Gasteiger partial charge in [-0.2, -0.15) is 5.10 Å². The number of hydrogen-bond donors (Lipinski definition) is 2. The number of rotatable bonds is 6. The van der Waals surface area contributed by atoms with E-state index in [-0.39, 0.29) is 22.6 Å². The number of aromatic nitrogens is 2. The van der Waals surface area contributed by atoms with Gasteiger partial charge in [0.1, 0.15) is 5.75 Å². The monoisotopic (exact) mass is 565 g/mol. The van der Waals surface area contributed by atoms with Crippen molar-refractivity contribution in [1.29, 1.82) is 0 Å². The number of hydrogen-bond acceptors (Lipinski definition) is 6. The number of benzene rings is 3. The number of amides is 1. The molecule has 2 heterocycles. The van der Waals surface area contributed by atoms with Crippen LogP contribution in [0.5, 0.6) is 5.75 Å². The summed E-state index contributed by atoms with van der Waals surface area (Å²) in [6.07, 6.45) is 0. The van der Waals surface area contributed by atoms with E-state index >= 15 is 0 Å². The van der Waals surface area contributed by atoms with E-state index in [0.29, 0.717) is 32.8 Å². The molecule has 0 spiro atoms. The molecule has 0 saturated heterocycles. The van der Waals surface area contributed by atoms with Crippen LogP contribution in [0.3, 0.4) is 0 Å². The molecule has 0 bridgehead atoms. The topological polar surface area (TPSA) is 134 Å². The number of carbonyl (C=O) groups is 1. The summed E-state index contributed by atoms with van der Waals surface area (Å²) in [6.45, 7) is 3.30. The van der Waals surface area contributed by atoms with E-state index in [9.17, 15) is 24.8 Å². The van der Waals surface area contributed by atoms with E-state index in [0.717, 1.165) is 6.07 Å². The SMILES string of the molecule is CC1=NN(c2ccc(Cl)cc2)C(=O)C1C(c1cc([N+](=O)[O-])ccc1O)c1c(C)[nH]n(-c2ccc(Cl)cc2)c1=O. The summed E-state index contributed by atoms with van der Waals surface area (Å²) in [6, 6.07) is 16.6. The molecule has 4 aromatic rings. The summed E-state index contributed by atoms with van der Waals surface area (Å²) in [5.74, 6) is -2.91. The van der Waals surface area contributed by atoms with Gasteiger partial charge in [-0.05, 0) is 68.4 Å². The Balaban J connectivity index is 1.71. The van der Waals surface area contributed by atoms with E-state index in [4.69, 9.17) is 23.2 Å². The van der Waals surface area contributed by atoms with Crippen LogP contribution in [0.25, 0.3) is 5.69 Å². The van der Waals surface area contributed by atoms with E-state index in [1.165, 1.54) is 21.8 Å². The molecule has 1 aromatic heterocycles. The quantitative estimate of drug-likeness (QED) is 0.233. The number of H-pyrrole nitrogens is 1. The molecule has 2 N–H and O–H groups in total. The summed E-state index contributed by atoms with van der Waals surface area (Å²) in [5, 5.41) is 32.2. The number of non-ortho nitro benzene ring substituents is 1. The molecule has 1 aliphatic rings. The molecule has 3 aromatic carbocycles. The molecule has 0 fully saturated rings. The molecule has 10 nitrogen and oxygen atoms in total. The predicted octanol–water partition coefficient (Wildman–Crippen LogP) is 5.57. The molecule has 198 valence electrons. The Hall–Kier alpha value is -4.41. The van der Waals surface area contributed by atoms with Crippen molar-refractivity contribution >= 4 is 46.2 Å².